The van der Waals surface area contributed by atoms with Crippen molar-refractivity contribution in [2.75, 3.05) is 24.5 Å². The predicted molar refractivity (Wildman–Crippen MR) is 213 cm³/mol. The number of aryl methyl sites for hydroxylation is 3. The lowest BCUT2D eigenvalue weighted by molar-refractivity contribution is -0.142. The second-order valence-corrected chi connectivity index (χ2v) is 15.7. The predicted octanol–water partition coefficient (Wildman–Crippen LogP) is 5.07. The Labute approximate surface area is 323 Å². The van der Waals surface area contributed by atoms with Gasteiger partial charge in [-0.2, -0.15) is 0 Å². The second kappa shape index (κ2) is 14.9. The van der Waals surface area contributed by atoms with Gasteiger partial charge < -0.3 is 25.4 Å². The molecule has 11 nitrogen and oxygen atoms in total. The maximum atomic E-state index is 14.9. The largest absolute Gasteiger partial charge is 0.404 e. The molecule has 2 aromatic carbocycles. The topological polar surface area (TPSA) is 142 Å². The molecule has 5 heterocycles. The van der Waals surface area contributed by atoms with E-state index in [1.165, 1.54) is 6.20 Å². The Morgan fingerprint density at radius 3 is 2.65 bits per heavy atom. The number of halogens is 2. The van der Waals surface area contributed by atoms with E-state index in [9.17, 15) is 23.6 Å². The van der Waals surface area contributed by atoms with Crippen molar-refractivity contribution in [3.63, 3.8) is 0 Å². The summed E-state index contributed by atoms with van der Waals surface area (Å²) >= 11 is 6.61. The van der Waals surface area contributed by atoms with E-state index >= 15 is 0 Å². The summed E-state index contributed by atoms with van der Waals surface area (Å²) < 4.78 is 16.5. The molecule has 0 spiro atoms. The van der Waals surface area contributed by atoms with Crippen LogP contribution in [-0.4, -0.2) is 71.2 Å². The highest BCUT2D eigenvalue weighted by Crippen LogP contribution is 2.41. The number of imide groups is 1. The summed E-state index contributed by atoms with van der Waals surface area (Å²) in [6.07, 6.45) is 12.1. The van der Waals surface area contributed by atoms with Crippen molar-refractivity contribution in [2.24, 2.45) is 23.7 Å². The average Bonchev–Trinajstić information content (AvgIpc) is 3.48. The number of rotatable bonds is 6. The highest BCUT2D eigenvalue weighted by atomic mass is 35.5. The van der Waals surface area contributed by atoms with Gasteiger partial charge in [-0.05, 0) is 111 Å². The smallest absolute Gasteiger partial charge is 0.254 e. The first-order valence-corrected chi connectivity index (χ1v) is 19.5. The average molecular weight is 766 g/mol. The van der Waals surface area contributed by atoms with E-state index in [-0.39, 0.29) is 41.8 Å². The fourth-order valence-corrected chi connectivity index (χ4v) is 9.20. The molecule has 3 saturated heterocycles. The van der Waals surface area contributed by atoms with Crippen LogP contribution in [0.5, 0.6) is 0 Å². The molecule has 0 radical (unpaired) electrons. The van der Waals surface area contributed by atoms with Crippen LogP contribution in [0, 0.1) is 12.8 Å². The number of carbonyl (C=O) groups excluding carboxylic acids is 3. The van der Waals surface area contributed by atoms with Gasteiger partial charge in [0, 0.05) is 77.8 Å². The van der Waals surface area contributed by atoms with Crippen molar-refractivity contribution < 1.29 is 18.8 Å². The number of amides is 3. The van der Waals surface area contributed by atoms with Crippen LogP contribution >= 0.6 is 11.6 Å². The Balaban J connectivity index is 1.01. The monoisotopic (exact) mass is 765 g/mol. The summed E-state index contributed by atoms with van der Waals surface area (Å²) in [5.41, 5.74) is 13.8. The van der Waals surface area contributed by atoms with Crippen LogP contribution in [-0.2, 0) is 34.5 Å². The molecule has 0 saturated carbocycles. The number of hydrogen-bond donors (Lipinski definition) is 3. The number of fused-ring (bicyclic) bond motifs is 4. The standard InChI is InChI=1S/C42H45ClFN7O4/c1-23-12-33-37(49(2)41(23)54)17-29(43)18-38(33)50-11-3-4-25-14-31(26(19-44)16-36(25)50)28(20-45)21-47-30-6-5-24-13-32-27(15-34(24)46-10-9-30)22-51(42(32)55)35-7-8-39(52)48-40(35)53/h12-18,20-21,24,30,34-35,46H,3-11,19,22,45H2,1-2H3,(H,48,52,53)/b28-20+,47-21?. The molecule has 3 amide bonds. The molecule has 4 aliphatic heterocycles. The number of piperidine rings is 1. The Hall–Kier alpha value is -5.07. The molecule has 4 atom stereocenters. The lowest BCUT2D eigenvalue weighted by Crippen LogP contribution is -2.52. The van der Waals surface area contributed by atoms with Crippen molar-refractivity contribution in [3.8, 4) is 0 Å². The van der Waals surface area contributed by atoms with Crippen LogP contribution in [0.2, 0.25) is 5.02 Å². The molecule has 8 rings (SSSR count). The van der Waals surface area contributed by atoms with Crippen LogP contribution in [0.3, 0.4) is 0 Å². The molecule has 3 aromatic rings. The number of alkyl halides is 1. The van der Waals surface area contributed by atoms with Gasteiger partial charge in [0.1, 0.15) is 12.7 Å². The van der Waals surface area contributed by atoms with Crippen molar-refractivity contribution in [3.05, 3.63) is 97.5 Å². The van der Waals surface area contributed by atoms with Crippen molar-refractivity contribution in [1.82, 2.24) is 20.1 Å². The summed E-state index contributed by atoms with van der Waals surface area (Å²) in [6, 6.07) is 8.99. The van der Waals surface area contributed by atoms with Crippen LogP contribution in [0.1, 0.15) is 60.8 Å². The second-order valence-electron chi connectivity index (χ2n) is 15.3. The number of nitrogens with one attached hydrogen (secondary N) is 2. The maximum Gasteiger partial charge on any atom is 0.254 e. The number of benzene rings is 2. The number of nitrogens with zero attached hydrogens (tertiary/aromatic N) is 4. The minimum Gasteiger partial charge on any atom is -0.404 e. The number of anilines is 2. The van der Waals surface area contributed by atoms with Crippen molar-refractivity contribution >= 4 is 63.4 Å². The molecule has 286 valence electrons. The van der Waals surface area contributed by atoms with E-state index in [1.807, 2.05) is 31.2 Å². The number of nitrogens with two attached hydrogens (primary N) is 1. The van der Waals surface area contributed by atoms with Crippen molar-refractivity contribution in [2.45, 2.75) is 76.7 Å². The number of aliphatic imine (C=N–C) groups is 1. The number of allylic oxidation sites excluding steroid dienone is 1. The molecular formula is C42H45ClFN7O4. The van der Waals surface area contributed by atoms with Gasteiger partial charge >= 0.3 is 0 Å². The van der Waals surface area contributed by atoms with Gasteiger partial charge in [-0.3, -0.25) is 29.5 Å². The molecule has 5 aliphatic rings. The van der Waals surface area contributed by atoms with Gasteiger partial charge in [-0.15, -0.1) is 0 Å². The van der Waals surface area contributed by atoms with E-state index in [0.29, 0.717) is 52.4 Å². The normalized spacial score (nSPS) is 24.6. The van der Waals surface area contributed by atoms with Gasteiger partial charge in [0.05, 0.1) is 17.2 Å². The number of likely N-dealkylation sites (tertiary alicyclic amines) is 1. The zero-order valence-electron chi connectivity index (χ0n) is 31.0. The van der Waals surface area contributed by atoms with Crippen LogP contribution in [0.15, 0.2) is 69.6 Å². The third kappa shape index (κ3) is 6.80. The summed E-state index contributed by atoms with van der Waals surface area (Å²) in [7, 11) is 1.75. The molecule has 1 aromatic heterocycles. The van der Waals surface area contributed by atoms with E-state index in [2.05, 4.69) is 27.7 Å². The van der Waals surface area contributed by atoms with Gasteiger partial charge in [0.15, 0.2) is 0 Å². The highest BCUT2D eigenvalue weighted by Gasteiger charge is 2.43. The Morgan fingerprint density at radius 1 is 1.04 bits per heavy atom. The molecule has 55 heavy (non-hydrogen) atoms. The summed E-state index contributed by atoms with van der Waals surface area (Å²) in [5.74, 6) is -0.787. The molecule has 3 fully saturated rings. The van der Waals surface area contributed by atoms with Crippen LogP contribution in [0.4, 0.5) is 15.8 Å². The van der Waals surface area contributed by atoms with Crippen LogP contribution in [0.25, 0.3) is 16.5 Å². The van der Waals surface area contributed by atoms with Crippen LogP contribution < -0.4 is 26.8 Å². The zero-order valence-corrected chi connectivity index (χ0v) is 31.8. The molecule has 0 bridgehead atoms. The van der Waals surface area contributed by atoms with Gasteiger partial charge in [-0.1, -0.05) is 23.8 Å². The third-order valence-corrected chi connectivity index (χ3v) is 12.1. The fraction of sp³-hybridized carbons (Fsp3) is 0.405. The molecule has 4 N–H and O–H groups in total. The zero-order chi connectivity index (χ0) is 38.5. The molecule has 1 aliphatic carbocycles. The Morgan fingerprint density at radius 2 is 1.87 bits per heavy atom. The minimum absolute atomic E-state index is 0.0103. The van der Waals surface area contributed by atoms with Crippen molar-refractivity contribution in [1.29, 1.82) is 0 Å². The maximum absolute atomic E-state index is 14.9. The van der Waals surface area contributed by atoms with E-state index in [0.717, 1.165) is 72.1 Å². The summed E-state index contributed by atoms with van der Waals surface area (Å²) in [5, 5.41) is 7.44. The first-order valence-electron chi connectivity index (χ1n) is 19.1. The van der Waals surface area contributed by atoms with E-state index in [4.69, 9.17) is 22.3 Å². The number of pyridine rings is 1. The third-order valence-electron chi connectivity index (χ3n) is 11.9. The van der Waals surface area contributed by atoms with Gasteiger partial charge in [-0.25, -0.2) is 4.39 Å². The Bertz CT molecular complexity index is 2310. The number of aromatic nitrogens is 1. The van der Waals surface area contributed by atoms with E-state index in [1.54, 1.807) is 28.8 Å². The first kappa shape index (κ1) is 36.9. The Kier molecular flexibility index (Phi) is 9.98. The van der Waals surface area contributed by atoms with Gasteiger partial charge in [0.25, 0.3) is 11.5 Å². The molecule has 4 unspecified atom stereocenters. The molecular weight excluding hydrogens is 721 g/mol. The summed E-state index contributed by atoms with van der Waals surface area (Å²) in [4.78, 5) is 59.2. The fourth-order valence-electron chi connectivity index (χ4n) is 8.99. The van der Waals surface area contributed by atoms with Gasteiger partial charge in [0.2, 0.25) is 11.8 Å². The minimum atomic E-state index is -0.689. The lowest BCUT2D eigenvalue weighted by atomic mass is 9.82. The quantitative estimate of drug-likeness (QED) is 0.235. The van der Waals surface area contributed by atoms with E-state index < -0.39 is 18.6 Å². The highest BCUT2D eigenvalue weighted by molar-refractivity contribution is 6.32. The SMILES string of the molecule is Cc1cc2c(N3CCCc4cc(/C(C=NC5CCNC6C=C7CN(C8CCC(=O)NC8=O)C(=O)C7=CC6CC5)=C/N)c(CF)cc43)cc(Cl)cc2n(C)c1=O. The molecule has 13 heteroatoms. The number of carbonyl (C=O) groups is 3. The first-order chi connectivity index (χ1) is 26.5. The lowest BCUT2D eigenvalue weighted by Gasteiger charge is -2.33. The summed E-state index contributed by atoms with van der Waals surface area (Å²) in [6.45, 7) is 2.92. The number of hydrogen-bond acceptors (Lipinski definition) is 8.